The molecule has 102 valence electrons. The molecule has 0 aliphatic carbocycles. The van der Waals surface area contributed by atoms with Gasteiger partial charge in [0.15, 0.2) is 0 Å². The maximum atomic E-state index is 12.0. The van der Waals surface area contributed by atoms with Crippen LogP contribution in [-0.2, 0) is 0 Å². The van der Waals surface area contributed by atoms with Crippen LogP contribution in [0.15, 0.2) is 30.5 Å². The molecule has 0 aromatic carbocycles. The molecule has 7 nitrogen and oxygen atoms in total. The SMILES string of the molecule is O=C(Nc1cccc(Cl)n1)c1cc([N+](=O)[O-])cnc1Cl. The van der Waals surface area contributed by atoms with E-state index in [1.54, 1.807) is 12.1 Å². The van der Waals surface area contributed by atoms with Gasteiger partial charge in [-0.3, -0.25) is 14.9 Å². The summed E-state index contributed by atoms with van der Waals surface area (Å²) in [5.74, 6) is -0.467. The van der Waals surface area contributed by atoms with Crippen LogP contribution in [0.25, 0.3) is 0 Å². The monoisotopic (exact) mass is 312 g/mol. The lowest BCUT2D eigenvalue weighted by Crippen LogP contribution is -2.14. The van der Waals surface area contributed by atoms with Crippen molar-refractivity contribution in [1.82, 2.24) is 9.97 Å². The summed E-state index contributed by atoms with van der Waals surface area (Å²) in [5.41, 5.74) is -0.457. The summed E-state index contributed by atoms with van der Waals surface area (Å²) in [5, 5.41) is 13.1. The van der Waals surface area contributed by atoms with Crippen LogP contribution in [0.3, 0.4) is 0 Å². The fourth-order valence-electron chi connectivity index (χ4n) is 1.36. The molecule has 2 aromatic rings. The van der Waals surface area contributed by atoms with Crippen LogP contribution in [0, 0.1) is 10.1 Å². The van der Waals surface area contributed by atoms with Crippen LogP contribution < -0.4 is 5.32 Å². The van der Waals surface area contributed by atoms with Crippen molar-refractivity contribution < 1.29 is 9.72 Å². The first-order valence-corrected chi connectivity index (χ1v) is 5.97. The maximum Gasteiger partial charge on any atom is 0.288 e. The molecule has 2 aromatic heterocycles. The average molecular weight is 313 g/mol. The van der Waals surface area contributed by atoms with Crippen LogP contribution in [0.2, 0.25) is 10.3 Å². The Morgan fingerprint density at radius 1 is 1.35 bits per heavy atom. The first-order valence-electron chi connectivity index (χ1n) is 5.21. The Labute approximate surface area is 122 Å². The summed E-state index contributed by atoms with van der Waals surface area (Å²) >= 11 is 11.4. The Bertz CT molecular complexity index is 693. The highest BCUT2D eigenvalue weighted by Crippen LogP contribution is 2.20. The van der Waals surface area contributed by atoms with Gasteiger partial charge in [0.2, 0.25) is 0 Å². The van der Waals surface area contributed by atoms with Gasteiger partial charge in [-0.25, -0.2) is 9.97 Å². The number of carbonyl (C=O) groups excluding carboxylic acids is 1. The summed E-state index contributed by atoms with van der Waals surface area (Å²) in [6.45, 7) is 0. The van der Waals surface area contributed by atoms with Gasteiger partial charge in [0.1, 0.15) is 22.3 Å². The molecule has 2 heterocycles. The topological polar surface area (TPSA) is 98.0 Å². The Balaban J connectivity index is 2.29. The third-order valence-corrected chi connectivity index (χ3v) is 2.75. The number of hydrogen-bond acceptors (Lipinski definition) is 5. The smallest absolute Gasteiger partial charge is 0.288 e. The number of carbonyl (C=O) groups is 1. The van der Waals surface area contributed by atoms with Crippen molar-refractivity contribution in [2.24, 2.45) is 0 Å². The van der Waals surface area contributed by atoms with Crippen LogP contribution in [-0.4, -0.2) is 20.8 Å². The zero-order chi connectivity index (χ0) is 14.7. The van der Waals surface area contributed by atoms with Gasteiger partial charge in [-0.15, -0.1) is 0 Å². The molecular weight excluding hydrogens is 307 g/mol. The van der Waals surface area contributed by atoms with E-state index in [4.69, 9.17) is 23.2 Å². The van der Waals surface area contributed by atoms with Gasteiger partial charge in [-0.2, -0.15) is 0 Å². The van der Waals surface area contributed by atoms with Crippen molar-refractivity contribution >= 4 is 40.6 Å². The minimum absolute atomic E-state index is 0.123. The average Bonchev–Trinajstić information content (AvgIpc) is 2.38. The predicted octanol–water partition coefficient (Wildman–Crippen LogP) is 2.94. The molecular formula is C11H6Cl2N4O3. The summed E-state index contributed by atoms with van der Waals surface area (Å²) < 4.78 is 0. The molecule has 0 aliphatic rings. The Morgan fingerprint density at radius 2 is 2.10 bits per heavy atom. The van der Waals surface area contributed by atoms with Gasteiger partial charge in [0.05, 0.1) is 10.5 Å². The lowest BCUT2D eigenvalue weighted by atomic mass is 10.2. The van der Waals surface area contributed by atoms with Crippen LogP contribution >= 0.6 is 23.2 Å². The predicted molar refractivity (Wildman–Crippen MR) is 73.1 cm³/mol. The zero-order valence-corrected chi connectivity index (χ0v) is 11.2. The number of anilines is 1. The first kappa shape index (κ1) is 14.2. The van der Waals surface area contributed by atoms with Gasteiger partial charge >= 0.3 is 0 Å². The second kappa shape index (κ2) is 5.81. The third-order valence-electron chi connectivity index (χ3n) is 2.24. The number of halogens is 2. The summed E-state index contributed by atoms with van der Waals surface area (Å²) in [7, 11) is 0. The highest BCUT2D eigenvalue weighted by atomic mass is 35.5. The Kier molecular flexibility index (Phi) is 4.11. The molecule has 0 bridgehead atoms. The Morgan fingerprint density at radius 3 is 2.75 bits per heavy atom. The van der Waals surface area contributed by atoms with E-state index in [0.717, 1.165) is 12.3 Å². The molecule has 0 saturated carbocycles. The van der Waals surface area contributed by atoms with Gasteiger partial charge in [-0.05, 0) is 12.1 Å². The molecule has 0 saturated heterocycles. The number of pyridine rings is 2. The molecule has 0 atom stereocenters. The summed E-state index contributed by atoms with van der Waals surface area (Å²) in [4.78, 5) is 29.4. The quantitative estimate of drug-likeness (QED) is 0.533. The number of hydrogen-bond donors (Lipinski definition) is 1. The van der Waals surface area contributed by atoms with E-state index in [1.165, 1.54) is 6.07 Å². The van der Waals surface area contributed by atoms with Crippen LogP contribution in [0.1, 0.15) is 10.4 Å². The van der Waals surface area contributed by atoms with Gasteiger partial charge in [0, 0.05) is 6.07 Å². The fraction of sp³-hybridized carbons (Fsp3) is 0. The third kappa shape index (κ3) is 3.19. The van der Waals surface area contributed by atoms with Crippen LogP contribution in [0.5, 0.6) is 0 Å². The van der Waals surface area contributed by atoms with Crippen molar-refractivity contribution in [3.05, 3.63) is 56.4 Å². The van der Waals surface area contributed by atoms with Crippen molar-refractivity contribution in [1.29, 1.82) is 0 Å². The number of nitrogens with zero attached hydrogens (tertiary/aromatic N) is 3. The number of amides is 1. The number of rotatable bonds is 3. The zero-order valence-electron chi connectivity index (χ0n) is 9.71. The number of aromatic nitrogens is 2. The van der Waals surface area contributed by atoms with Gasteiger partial charge in [0.25, 0.3) is 11.6 Å². The molecule has 2 rings (SSSR count). The molecule has 0 spiro atoms. The molecule has 20 heavy (non-hydrogen) atoms. The van der Waals surface area contributed by atoms with E-state index < -0.39 is 10.8 Å². The lowest BCUT2D eigenvalue weighted by molar-refractivity contribution is -0.385. The van der Waals surface area contributed by atoms with Crippen molar-refractivity contribution in [2.45, 2.75) is 0 Å². The lowest BCUT2D eigenvalue weighted by Gasteiger charge is -2.05. The standard InChI is InChI=1S/C11H6Cl2N4O3/c12-8-2-1-3-9(15-8)16-11(18)7-4-6(17(19)20)5-14-10(7)13/h1-5H,(H,15,16,18). The van der Waals surface area contributed by atoms with Gasteiger partial charge < -0.3 is 5.32 Å². The minimum atomic E-state index is -0.669. The molecule has 1 N–H and O–H groups in total. The fourth-order valence-corrected chi connectivity index (χ4v) is 1.71. The summed E-state index contributed by atoms with van der Waals surface area (Å²) in [6.07, 6.45) is 0.969. The number of nitro groups is 1. The van der Waals surface area contributed by atoms with Crippen LogP contribution in [0.4, 0.5) is 11.5 Å². The van der Waals surface area contributed by atoms with Crippen molar-refractivity contribution in [3.63, 3.8) is 0 Å². The van der Waals surface area contributed by atoms with E-state index in [9.17, 15) is 14.9 Å². The molecule has 0 aliphatic heterocycles. The molecule has 1 amide bonds. The highest BCUT2D eigenvalue weighted by molar-refractivity contribution is 6.33. The Hall–Kier alpha value is -2.25. The molecule has 0 fully saturated rings. The van der Waals surface area contributed by atoms with Crippen molar-refractivity contribution in [3.8, 4) is 0 Å². The first-order chi connectivity index (χ1) is 9.47. The maximum absolute atomic E-state index is 12.0. The largest absolute Gasteiger partial charge is 0.306 e. The second-order valence-electron chi connectivity index (χ2n) is 3.59. The number of nitrogens with one attached hydrogen (secondary N) is 1. The molecule has 0 radical (unpaired) electrons. The van der Waals surface area contributed by atoms with E-state index in [2.05, 4.69) is 15.3 Å². The van der Waals surface area contributed by atoms with E-state index in [0.29, 0.717) is 0 Å². The second-order valence-corrected chi connectivity index (χ2v) is 4.33. The highest BCUT2D eigenvalue weighted by Gasteiger charge is 2.17. The van der Waals surface area contributed by atoms with Gasteiger partial charge in [-0.1, -0.05) is 29.3 Å². The minimum Gasteiger partial charge on any atom is -0.306 e. The van der Waals surface area contributed by atoms with Crippen molar-refractivity contribution in [2.75, 3.05) is 5.32 Å². The van der Waals surface area contributed by atoms with E-state index >= 15 is 0 Å². The van der Waals surface area contributed by atoms with E-state index in [-0.39, 0.29) is 27.4 Å². The molecule has 0 unspecified atom stereocenters. The molecule has 9 heteroatoms. The summed E-state index contributed by atoms with van der Waals surface area (Å²) in [6, 6.07) is 5.69. The van der Waals surface area contributed by atoms with E-state index in [1.807, 2.05) is 0 Å². The normalized spacial score (nSPS) is 10.1.